The van der Waals surface area contributed by atoms with Crippen LogP contribution < -0.4 is 5.73 Å². The molecule has 1 fully saturated rings. The summed E-state index contributed by atoms with van der Waals surface area (Å²) >= 11 is 0. The van der Waals surface area contributed by atoms with E-state index in [0.717, 1.165) is 25.8 Å². The highest BCUT2D eigenvalue weighted by Gasteiger charge is 2.29. The molecule has 0 bridgehead atoms. The second kappa shape index (κ2) is 4.51. The Balaban J connectivity index is 2.22. The van der Waals surface area contributed by atoms with E-state index in [4.69, 9.17) is 5.73 Å². The van der Waals surface area contributed by atoms with Crippen LogP contribution in [0.5, 0.6) is 0 Å². The van der Waals surface area contributed by atoms with Gasteiger partial charge >= 0.3 is 0 Å². The molecule has 0 spiro atoms. The molecule has 4 nitrogen and oxygen atoms in total. The largest absolute Gasteiger partial charge is 0.397 e. The first-order chi connectivity index (χ1) is 7.74. The van der Waals surface area contributed by atoms with E-state index in [1.165, 1.54) is 0 Å². The number of likely N-dealkylation sites (tertiary alicyclic amines) is 1. The Morgan fingerprint density at radius 1 is 1.69 bits per heavy atom. The summed E-state index contributed by atoms with van der Waals surface area (Å²) in [5, 5.41) is 0. The summed E-state index contributed by atoms with van der Waals surface area (Å²) in [4.78, 5) is 18.2. The number of amides is 1. The van der Waals surface area contributed by atoms with Gasteiger partial charge in [0, 0.05) is 18.8 Å². The van der Waals surface area contributed by atoms with Crippen LogP contribution in [0.1, 0.15) is 36.7 Å². The van der Waals surface area contributed by atoms with Crippen LogP contribution in [0.15, 0.2) is 18.3 Å². The first-order valence-corrected chi connectivity index (χ1v) is 5.75. The quantitative estimate of drug-likeness (QED) is 0.823. The van der Waals surface area contributed by atoms with Crippen molar-refractivity contribution in [2.75, 3.05) is 12.3 Å². The average molecular weight is 219 g/mol. The van der Waals surface area contributed by atoms with Gasteiger partial charge in [-0.15, -0.1) is 0 Å². The second-order valence-electron chi connectivity index (χ2n) is 4.14. The SMILES string of the molecule is CCC1CCCN1C(=O)c1ncccc1N. The smallest absolute Gasteiger partial charge is 0.274 e. The van der Waals surface area contributed by atoms with Gasteiger partial charge in [0.1, 0.15) is 0 Å². The molecule has 16 heavy (non-hydrogen) atoms. The normalized spacial score (nSPS) is 20.1. The minimum Gasteiger partial charge on any atom is -0.397 e. The summed E-state index contributed by atoms with van der Waals surface area (Å²) in [7, 11) is 0. The number of nitrogen functional groups attached to an aromatic ring is 1. The fourth-order valence-electron chi connectivity index (χ4n) is 2.26. The first-order valence-electron chi connectivity index (χ1n) is 5.75. The third kappa shape index (κ3) is 1.87. The number of pyridine rings is 1. The van der Waals surface area contributed by atoms with Crippen molar-refractivity contribution in [1.29, 1.82) is 0 Å². The zero-order chi connectivity index (χ0) is 11.5. The molecule has 0 saturated carbocycles. The van der Waals surface area contributed by atoms with Crippen molar-refractivity contribution in [2.24, 2.45) is 0 Å². The molecule has 1 atom stereocenters. The van der Waals surface area contributed by atoms with Crippen LogP contribution in [0, 0.1) is 0 Å². The molecule has 1 aromatic heterocycles. The van der Waals surface area contributed by atoms with Crippen molar-refractivity contribution in [1.82, 2.24) is 9.88 Å². The van der Waals surface area contributed by atoms with Gasteiger partial charge in [0.25, 0.3) is 5.91 Å². The highest BCUT2D eigenvalue weighted by atomic mass is 16.2. The Bertz CT molecular complexity index is 392. The number of carbonyl (C=O) groups excluding carboxylic acids is 1. The molecule has 0 radical (unpaired) electrons. The summed E-state index contributed by atoms with van der Waals surface area (Å²) in [5.41, 5.74) is 6.62. The molecule has 2 heterocycles. The highest BCUT2D eigenvalue weighted by molar-refractivity contribution is 5.97. The van der Waals surface area contributed by atoms with Gasteiger partial charge in [0.2, 0.25) is 0 Å². The van der Waals surface area contributed by atoms with Gasteiger partial charge in [-0.05, 0) is 31.4 Å². The Labute approximate surface area is 95.5 Å². The number of aromatic nitrogens is 1. The molecule has 1 aromatic rings. The average Bonchev–Trinajstić information content (AvgIpc) is 2.77. The van der Waals surface area contributed by atoms with Gasteiger partial charge in [-0.25, -0.2) is 4.98 Å². The van der Waals surface area contributed by atoms with Crippen LogP contribution in [-0.4, -0.2) is 28.4 Å². The molecule has 2 N–H and O–H groups in total. The number of nitrogens with zero attached hydrogens (tertiary/aromatic N) is 2. The summed E-state index contributed by atoms with van der Waals surface area (Å²) in [5.74, 6) is -0.0255. The van der Waals surface area contributed by atoms with Gasteiger partial charge in [-0.1, -0.05) is 6.92 Å². The maximum absolute atomic E-state index is 12.2. The monoisotopic (exact) mass is 219 g/mol. The zero-order valence-electron chi connectivity index (χ0n) is 9.52. The maximum atomic E-state index is 12.2. The predicted octanol–water partition coefficient (Wildman–Crippen LogP) is 1.68. The standard InChI is InChI=1S/C12H17N3O/c1-2-9-5-4-8-15(9)12(16)11-10(13)6-3-7-14-11/h3,6-7,9H,2,4-5,8,13H2,1H3. The Kier molecular flexibility index (Phi) is 3.08. The van der Waals surface area contributed by atoms with E-state index in [-0.39, 0.29) is 5.91 Å². The van der Waals surface area contributed by atoms with Crippen LogP contribution in [0.3, 0.4) is 0 Å². The lowest BCUT2D eigenvalue weighted by atomic mass is 10.1. The molecule has 86 valence electrons. The van der Waals surface area contributed by atoms with E-state index >= 15 is 0 Å². The van der Waals surface area contributed by atoms with Crippen molar-refractivity contribution >= 4 is 11.6 Å². The van der Waals surface area contributed by atoms with Crippen LogP contribution in [0.4, 0.5) is 5.69 Å². The first kappa shape index (κ1) is 10.9. The lowest BCUT2D eigenvalue weighted by Gasteiger charge is -2.23. The van der Waals surface area contributed by atoms with Gasteiger partial charge in [0.15, 0.2) is 5.69 Å². The second-order valence-corrected chi connectivity index (χ2v) is 4.14. The molecule has 1 aliphatic heterocycles. The summed E-state index contributed by atoms with van der Waals surface area (Å²) < 4.78 is 0. The minimum atomic E-state index is -0.0255. The van der Waals surface area contributed by atoms with E-state index in [0.29, 0.717) is 17.4 Å². The number of carbonyl (C=O) groups is 1. The maximum Gasteiger partial charge on any atom is 0.274 e. The summed E-state index contributed by atoms with van der Waals surface area (Å²) in [6.45, 7) is 2.94. The fourth-order valence-corrected chi connectivity index (χ4v) is 2.26. The van der Waals surface area contributed by atoms with E-state index in [2.05, 4.69) is 11.9 Å². The van der Waals surface area contributed by atoms with Gasteiger partial charge < -0.3 is 10.6 Å². The lowest BCUT2D eigenvalue weighted by molar-refractivity contribution is 0.0729. The van der Waals surface area contributed by atoms with E-state index in [1.54, 1.807) is 18.3 Å². The molecule has 1 unspecified atom stereocenters. The van der Waals surface area contributed by atoms with Crippen molar-refractivity contribution in [3.8, 4) is 0 Å². The Morgan fingerprint density at radius 3 is 3.19 bits per heavy atom. The molecular weight excluding hydrogens is 202 g/mol. The summed E-state index contributed by atoms with van der Waals surface area (Å²) in [6, 6.07) is 3.82. The fraction of sp³-hybridized carbons (Fsp3) is 0.500. The molecule has 0 aliphatic carbocycles. The third-order valence-electron chi connectivity index (χ3n) is 3.15. The molecule has 1 amide bonds. The topological polar surface area (TPSA) is 59.2 Å². The van der Waals surface area contributed by atoms with Gasteiger partial charge in [-0.3, -0.25) is 4.79 Å². The van der Waals surface area contributed by atoms with E-state index in [1.807, 2.05) is 4.90 Å². The zero-order valence-corrected chi connectivity index (χ0v) is 9.52. The van der Waals surface area contributed by atoms with E-state index in [9.17, 15) is 4.79 Å². The molecule has 1 aliphatic rings. The molecule has 1 saturated heterocycles. The van der Waals surface area contributed by atoms with Crippen LogP contribution in [-0.2, 0) is 0 Å². The van der Waals surface area contributed by atoms with Crippen molar-refractivity contribution in [3.63, 3.8) is 0 Å². The molecule has 2 rings (SSSR count). The number of hydrogen-bond acceptors (Lipinski definition) is 3. The lowest BCUT2D eigenvalue weighted by Crippen LogP contribution is -2.36. The third-order valence-corrected chi connectivity index (χ3v) is 3.15. The van der Waals surface area contributed by atoms with Crippen LogP contribution >= 0.6 is 0 Å². The van der Waals surface area contributed by atoms with Gasteiger partial charge in [0.05, 0.1) is 5.69 Å². The van der Waals surface area contributed by atoms with Crippen molar-refractivity contribution < 1.29 is 4.79 Å². The van der Waals surface area contributed by atoms with Crippen LogP contribution in [0.2, 0.25) is 0 Å². The number of anilines is 1. The van der Waals surface area contributed by atoms with Crippen LogP contribution in [0.25, 0.3) is 0 Å². The molecule has 0 aromatic carbocycles. The Hall–Kier alpha value is -1.58. The molecule has 4 heteroatoms. The van der Waals surface area contributed by atoms with E-state index < -0.39 is 0 Å². The summed E-state index contributed by atoms with van der Waals surface area (Å²) in [6.07, 6.45) is 4.78. The van der Waals surface area contributed by atoms with Crippen molar-refractivity contribution in [2.45, 2.75) is 32.2 Å². The number of nitrogens with two attached hydrogens (primary N) is 1. The Morgan fingerprint density at radius 2 is 2.50 bits per heavy atom. The molecular formula is C12H17N3O. The number of hydrogen-bond donors (Lipinski definition) is 1. The highest BCUT2D eigenvalue weighted by Crippen LogP contribution is 2.23. The minimum absolute atomic E-state index is 0.0255. The van der Waals surface area contributed by atoms with Crippen molar-refractivity contribution in [3.05, 3.63) is 24.0 Å². The van der Waals surface area contributed by atoms with Gasteiger partial charge in [-0.2, -0.15) is 0 Å². The predicted molar refractivity (Wildman–Crippen MR) is 63.0 cm³/mol. The number of rotatable bonds is 2.